The van der Waals surface area contributed by atoms with Gasteiger partial charge in [0.15, 0.2) is 17.6 Å². The molecule has 0 radical (unpaired) electrons. The molecule has 2 aromatic rings. The standard InChI is InChI=1S/C18H12F5N3O4.CH3NO/c19-11-3-1-7-24-15(11)16(25-8-2-4-13(27)17(25)26(28)29)10-5-6-14(12(20)9-10)30-18(21,22)23;2-1-3/h1-7,9,16,27H,8H2;1H,(H2,2,3)/t16-;/m0./s1. The normalized spacial score (nSPS) is 14.3. The van der Waals surface area contributed by atoms with E-state index in [-0.39, 0.29) is 24.2 Å². The Morgan fingerprint density at radius 2 is 1.94 bits per heavy atom. The van der Waals surface area contributed by atoms with E-state index in [1.807, 2.05) is 0 Å². The van der Waals surface area contributed by atoms with E-state index in [0.29, 0.717) is 12.1 Å². The number of halogens is 5. The Morgan fingerprint density at radius 3 is 2.48 bits per heavy atom. The Kier molecular flexibility index (Phi) is 7.88. The van der Waals surface area contributed by atoms with E-state index >= 15 is 0 Å². The van der Waals surface area contributed by atoms with Crippen LogP contribution >= 0.6 is 0 Å². The molecule has 0 saturated carbocycles. The summed E-state index contributed by atoms with van der Waals surface area (Å²) in [5.74, 6) is -4.98. The Hall–Kier alpha value is -4.23. The van der Waals surface area contributed by atoms with E-state index < -0.39 is 46.3 Å². The van der Waals surface area contributed by atoms with Crippen LogP contribution in [0.5, 0.6) is 5.75 Å². The van der Waals surface area contributed by atoms with Crippen LogP contribution in [0.2, 0.25) is 0 Å². The Bertz CT molecular complexity index is 1090. The number of primary amides is 1. The van der Waals surface area contributed by atoms with E-state index in [2.05, 4.69) is 15.5 Å². The van der Waals surface area contributed by atoms with Crippen LogP contribution < -0.4 is 10.5 Å². The van der Waals surface area contributed by atoms with Gasteiger partial charge < -0.3 is 25.7 Å². The number of aromatic nitrogens is 1. The maximum atomic E-state index is 14.5. The van der Waals surface area contributed by atoms with E-state index in [0.717, 1.165) is 23.1 Å². The highest BCUT2D eigenvalue weighted by Gasteiger charge is 2.39. The van der Waals surface area contributed by atoms with Gasteiger partial charge in [0.2, 0.25) is 12.2 Å². The van der Waals surface area contributed by atoms with Gasteiger partial charge in [0.05, 0.1) is 0 Å². The van der Waals surface area contributed by atoms with Crippen LogP contribution in [0.4, 0.5) is 22.0 Å². The number of amides is 1. The summed E-state index contributed by atoms with van der Waals surface area (Å²) in [7, 11) is 0. The molecule has 1 atom stereocenters. The largest absolute Gasteiger partial charge is 0.573 e. The number of nitrogens with zero attached hydrogens (tertiary/aromatic N) is 3. The molecule has 0 fully saturated rings. The third-order valence-corrected chi connectivity index (χ3v) is 4.11. The summed E-state index contributed by atoms with van der Waals surface area (Å²) < 4.78 is 69.5. The second kappa shape index (κ2) is 10.4. The fraction of sp³-hybridized carbons (Fsp3) is 0.158. The monoisotopic (exact) mass is 474 g/mol. The number of aliphatic hydroxyl groups is 1. The molecular weight excluding hydrogens is 459 g/mol. The van der Waals surface area contributed by atoms with Crippen LogP contribution in [0, 0.1) is 21.7 Å². The summed E-state index contributed by atoms with van der Waals surface area (Å²) in [6, 6.07) is 3.13. The van der Waals surface area contributed by atoms with Gasteiger partial charge in [-0.2, -0.15) is 0 Å². The molecule has 1 aromatic heterocycles. The molecule has 33 heavy (non-hydrogen) atoms. The minimum atomic E-state index is -5.14. The summed E-state index contributed by atoms with van der Waals surface area (Å²) in [5, 5.41) is 21.4. The van der Waals surface area contributed by atoms with Crippen LogP contribution in [0.25, 0.3) is 0 Å². The lowest BCUT2D eigenvalue weighted by atomic mass is 9.99. The molecule has 0 bridgehead atoms. The lowest BCUT2D eigenvalue weighted by Gasteiger charge is -2.29. The number of carbonyl (C=O) groups excluding carboxylic acids is 1. The highest BCUT2D eigenvalue weighted by atomic mass is 19.4. The molecule has 3 N–H and O–H groups in total. The number of carbonyl (C=O) groups is 1. The van der Waals surface area contributed by atoms with Crippen molar-refractivity contribution in [3.8, 4) is 5.75 Å². The number of nitrogens with two attached hydrogens (primary N) is 1. The Labute approximate surface area is 182 Å². The molecular formula is C19H15F5N4O5. The second-order valence-corrected chi connectivity index (χ2v) is 6.17. The summed E-state index contributed by atoms with van der Waals surface area (Å²) in [5.41, 5.74) is 3.66. The van der Waals surface area contributed by atoms with Gasteiger partial charge >= 0.3 is 12.2 Å². The van der Waals surface area contributed by atoms with Gasteiger partial charge in [-0.05, 0) is 41.3 Å². The van der Waals surface area contributed by atoms with Crippen molar-refractivity contribution in [1.82, 2.24) is 9.88 Å². The van der Waals surface area contributed by atoms with Gasteiger partial charge in [-0.1, -0.05) is 6.07 Å². The highest BCUT2D eigenvalue weighted by molar-refractivity contribution is 5.42. The first-order valence-corrected chi connectivity index (χ1v) is 8.82. The van der Waals surface area contributed by atoms with Gasteiger partial charge in [-0.3, -0.25) is 9.78 Å². The van der Waals surface area contributed by atoms with E-state index in [1.165, 1.54) is 18.3 Å². The molecule has 0 spiro atoms. The van der Waals surface area contributed by atoms with Crippen molar-refractivity contribution in [3.05, 3.63) is 93.3 Å². The number of pyridine rings is 1. The average Bonchev–Trinajstić information content (AvgIpc) is 2.71. The number of aliphatic hydroxyl groups excluding tert-OH is 1. The van der Waals surface area contributed by atoms with Crippen molar-refractivity contribution in [2.45, 2.75) is 12.4 Å². The molecule has 14 heteroatoms. The first-order chi connectivity index (χ1) is 15.5. The third kappa shape index (κ3) is 6.15. The van der Waals surface area contributed by atoms with Gasteiger partial charge in [0, 0.05) is 11.8 Å². The third-order valence-electron chi connectivity index (χ3n) is 4.11. The molecule has 3 rings (SSSR count). The van der Waals surface area contributed by atoms with E-state index in [4.69, 9.17) is 4.79 Å². The molecule has 1 aromatic carbocycles. The SMILES string of the molecule is NC=O.O=[N+]([O-])C1=C(O)C=CCN1[C@@H](c1ccc(OC(F)(F)F)c(F)c1)c1ncccc1F. The molecule has 1 amide bonds. The summed E-state index contributed by atoms with van der Waals surface area (Å²) >= 11 is 0. The Balaban J connectivity index is 0.00000122. The predicted octanol–water partition coefficient (Wildman–Crippen LogP) is 3.32. The van der Waals surface area contributed by atoms with Gasteiger partial charge in [0.25, 0.3) is 0 Å². The molecule has 1 aliphatic rings. The van der Waals surface area contributed by atoms with Gasteiger partial charge in [0.1, 0.15) is 18.1 Å². The number of allylic oxidation sites excluding steroid dienone is 1. The second-order valence-electron chi connectivity index (χ2n) is 6.17. The molecule has 1 aliphatic heterocycles. The first-order valence-electron chi connectivity index (χ1n) is 8.82. The fourth-order valence-corrected chi connectivity index (χ4v) is 2.99. The van der Waals surface area contributed by atoms with Crippen molar-refractivity contribution < 1.29 is 41.5 Å². The van der Waals surface area contributed by atoms with Crippen molar-refractivity contribution >= 4 is 6.41 Å². The van der Waals surface area contributed by atoms with Crippen molar-refractivity contribution in [2.24, 2.45) is 5.73 Å². The number of alkyl halides is 3. The maximum absolute atomic E-state index is 14.5. The average molecular weight is 474 g/mol. The number of benzene rings is 1. The van der Waals surface area contributed by atoms with Crippen molar-refractivity contribution in [2.75, 3.05) is 6.54 Å². The number of ether oxygens (including phenoxy) is 1. The number of rotatable bonds is 5. The topological polar surface area (TPSA) is 132 Å². The zero-order chi connectivity index (χ0) is 24.8. The minimum Gasteiger partial charge on any atom is -0.501 e. The smallest absolute Gasteiger partial charge is 0.501 e. The van der Waals surface area contributed by atoms with E-state index in [1.54, 1.807) is 0 Å². The number of hydrogen-bond donors (Lipinski definition) is 2. The first kappa shape index (κ1) is 25.0. The van der Waals surface area contributed by atoms with Crippen LogP contribution in [0.1, 0.15) is 17.3 Å². The molecule has 0 unspecified atom stereocenters. The lowest BCUT2D eigenvalue weighted by molar-refractivity contribution is -0.450. The van der Waals surface area contributed by atoms with Crippen molar-refractivity contribution in [1.29, 1.82) is 0 Å². The van der Waals surface area contributed by atoms with Crippen LogP contribution in [-0.2, 0) is 4.79 Å². The zero-order valence-corrected chi connectivity index (χ0v) is 16.4. The minimum absolute atomic E-state index is 0.151. The summed E-state index contributed by atoms with van der Waals surface area (Å²) in [4.78, 5) is 24.0. The molecule has 0 aliphatic carbocycles. The molecule has 176 valence electrons. The highest BCUT2D eigenvalue weighted by Crippen LogP contribution is 2.36. The number of nitro groups is 1. The van der Waals surface area contributed by atoms with Gasteiger partial charge in [-0.15, -0.1) is 13.2 Å². The lowest BCUT2D eigenvalue weighted by Crippen LogP contribution is -2.36. The van der Waals surface area contributed by atoms with Crippen molar-refractivity contribution in [3.63, 3.8) is 0 Å². The van der Waals surface area contributed by atoms with E-state index in [9.17, 15) is 37.2 Å². The van der Waals surface area contributed by atoms with Crippen LogP contribution in [-0.4, -0.2) is 39.2 Å². The van der Waals surface area contributed by atoms with Gasteiger partial charge in [-0.25, -0.2) is 13.7 Å². The van der Waals surface area contributed by atoms with Crippen LogP contribution in [0.3, 0.4) is 0 Å². The molecule has 2 heterocycles. The van der Waals surface area contributed by atoms with Crippen LogP contribution in [0.15, 0.2) is 60.3 Å². The summed E-state index contributed by atoms with van der Waals surface area (Å²) in [6.07, 6.45) is -1.28. The fourth-order valence-electron chi connectivity index (χ4n) is 2.99. The molecule has 0 saturated heterocycles. The number of hydrogen-bond acceptors (Lipinski definition) is 7. The predicted molar refractivity (Wildman–Crippen MR) is 102 cm³/mol. The quantitative estimate of drug-likeness (QED) is 0.294. The molecule has 9 nitrogen and oxygen atoms in total. The maximum Gasteiger partial charge on any atom is 0.573 e. The summed E-state index contributed by atoms with van der Waals surface area (Å²) in [6.45, 7) is -0.191. The zero-order valence-electron chi connectivity index (χ0n) is 16.4. The Morgan fingerprint density at radius 1 is 1.27 bits per heavy atom.